The highest BCUT2D eigenvalue weighted by atomic mass is 16.2. The van der Waals surface area contributed by atoms with Gasteiger partial charge in [-0.3, -0.25) is 9.59 Å². The smallest absolute Gasteiger partial charge is 0.323 e. The van der Waals surface area contributed by atoms with Gasteiger partial charge in [0, 0.05) is 77.5 Å². The zero-order chi connectivity index (χ0) is 29.8. The molecule has 0 radical (unpaired) electrons. The fourth-order valence-corrected chi connectivity index (χ4v) is 5.19. The highest BCUT2D eigenvalue weighted by molar-refractivity contribution is 6.32. The van der Waals surface area contributed by atoms with Crippen molar-refractivity contribution in [3.05, 3.63) is 120 Å². The second-order valence-electron chi connectivity index (χ2n) is 10.6. The van der Waals surface area contributed by atoms with E-state index in [2.05, 4.69) is 50.2 Å². The molecule has 216 valence electrons. The fraction of sp³-hybridized carbons (Fsp3) is 0.147. The summed E-state index contributed by atoms with van der Waals surface area (Å²) in [4.78, 5) is 43.2. The van der Waals surface area contributed by atoms with Crippen LogP contribution < -0.4 is 26.2 Å². The molecule has 4 N–H and O–H groups in total. The van der Waals surface area contributed by atoms with E-state index in [-0.39, 0.29) is 11.7 Å². The predicted octanol–water partition coefficient (Wildman–Crippen LogP) is 5.72. The van der Waals surface area contributed by atoms with Crippen LogP contribution >= 0.6 is 0 Å². The second-order valence-corrected chi connectivity index (χ2v) is 10.6. The molecule has 0 spiro atoms. The summed E-state index contributed by atoms with van der Waals surface area (Å²) in [5.41, 5.74) is 5.85. The molecular formula is C34H32N6O3. The van der Waals surface area contributed by atoms with Crippen molar-refractivity contribution >= 4 is 51.7 Å². The van der Waals surface area contributed by atoms with Gasteiger partial charge in [-0.25, -0.2) is 4.79 Å². The van der Waals surface area contributed by atoms with Crippen molar-refractivity contribution in [1.82, 2.24) is 4.90 Å². The van der Waals surface area contributed by atoms with Gasteiger partial charge >= 0.3 is 6.03 Å². The number of carbonyl (C=O) groups excluding carboxylic acids is 3. The second kappa shape index (κ2) is 12.2. The number of benzene rings is 4. The maximum Gasteiger partial charge on any atom is 0.323 e. The number of ketones is 1. The number of urea groups is 1. The molecule has 2 heterocycles. The predicted molar refractivity (Wildman–Crippen MR) is 172 cm³/mol. The number of anilines is 5. The van der Waals surface area contributed by atoms with Crippen molar-refractivity contribution < 1.29 is 14.4 Å². The third kappa shape index (κ3) is 6.42. The van der Waals surface area contributed by atoms with Crippen molar-refractivity contribution in [1.29, 1.82) is 0 Å². The maximum absolute atomic E-state index is 13.3. The molecule has 0 bridgehead atoms. The van der Waals surface area contributed by atoms with Crippen molar-refractivity contribution in [2.24, 2.45) is 0 Å². The van der Waals surface area contributed by atoms with Gasteiger partial charge in [0.2, 0.25) is 0 Å². The lowest BCUT2D eigenvalue weighted by atomic mass is 9.99. The molecule has 0 aromatic heterocycles. The highest BCUT2D eigenvalue weighted by Gasteiger charge is 2.25. The molecule has 0 saturated carbocycles. The van der Waals surface area contributed by atoms with E-state index in [9.17, 15) is 14.4 Å². The Bertz CT molecular complexity index is 1690. The minimum Gasteiger partial charge on any atom is -0.369 e. The maximum atomic E-state index is 13.3. The zero-order valence-electron chi connectivity index (χ0n) is 23.8. The first-order valence-corrected chi connectivity index (χ1v) is 14.2. The van der Waals surface area contributed by atoms with Crippen LogP contribution in [0.25, 0.3) is 5.57 Å². The third-order valence-corrected chi connectivity index (χ3v) is 7.60. The molecule has 9 nitrogen and oxygen atoms in total. The summed E-state index contributed by atoms with van der Waals surface area (Å²) >= 11 is 0. The van der Waals surface area contributed by atoms with Gasteiger partial charge in [-0.05, 0) is 61.6 Å². The van der Waals surface area contributed by atoms with E-state index in [1.54, 1.807) is 60.8 Å². The van der Waals surface area contributed by atoms with E-state index in [1.807, 2.05) is 30.3 Å². The van der Waals surface area contributed by atoms with E-state index in [0.29, 0.717) is 33.8 Å². The number of likely N-dealkylation sites (N-methyl/N-ethyl adjacent to an activating group) is 1. The Balaban J connectivity index is 1.12. The summed E-state index contributed by atoms with van der Waals surface area (Å²) in [5, 5.41) is 11.6. The van der Waals surface area contributed by atoms with Crippen molar-refractivity contribution in [2.75, 3.05) is 59.4 Å². The van der Waals surface area contributed by atoms with Gasteiger partial charge in [-0.15, -0.1) is 0 Å². The first-order valence-electron chi connectivity index (χ1n) is 14.2. The van der Waals surface area contributed by atoms with E-state index in [4.69, 9.17) is 0 Å². The van der Waals surface area contributed by atoms with E-state index in [1.165, 1.54) is 5.69 Å². The molecule has 1 fully saturated rings. The van der Waals surface area contributed by atoms with Gasteiger partial charge in [0.1, 0.15) is 0 Å². The average molecular weight is 573 g/mol. The molecule has 2 aliphatic heterocycles. The molecule has 6 rings (SSSR count). The number of nitrogens with zero attached hydrogens (tertiary/aromatic N) is 2. The van der Waals surface area contributed by atoms with E-state index in [0.717, 1.165) is 37.4 Å². The Morgan fingerprint density at radius 1 is 0.744 bits per heavy atom. The van der Waals surface area contributed by atoms with Gasteiger partial charge in [-0.2, -0.15) is 0 Å². The molecule has 0 aliphatic carbocycles. The number of carbonyl (C=O) groups is 3. The van der Waals surface area contributed by atoms with Crippen LogP contribution in [0.15, 0.2) is 103 Å². The molecule has 3 amide bonds. The molecule has 4 aromatic rings. The summed E-state index contributed by atoms with van der Waals surface area (Å²) in [6, 6.07) is 28.8. The van der Waals surface area contributed by atoms with Gasteiger partial charge in [-0.1, -0.05) is 42.5 Å². The number of para-hydroxylation sites is 1. The molecule has 0 unspecified atom stereocenters. The molecule has 4 aromatic carbocycles. The molecule has 2 aliphatic rings. The van der Waals surface area contributed by atoms with Gasteiger partial charge < -0.3 is 31.1 Å². The molecule has 43 heavy (non-hydrogen) atoms. The summed E-state index contributed by atoms with van der Waals surface area (Å²) in [5.74, 6) is -0.461. The van der Waals surface area contributed by atoms with Gasteiger partial charge in [0.25, 0.3) is 5.91 Å². The van der Waals surface area contributed by atoms with E-state index < -0.39 is 6.03 Å². The number of piperazine rings is 1. The number of hydrogen-bond acceptors (Lipinski definition) is 6. The van der Waals surface area contributed by atoms with Gasteiger partial charge in [0.05, 0.1) is 5.57 Å². The number of rotatable bonds is 7. The summed E-state index contributed by atoms with van der Waals surface area (Å²) in [7, 11) is 2.14. The lowest BCUT2D eigenvalue weighted by Crippen LogP contribution is -2.44. The van der Waals surface area contributed by atoms with Crippen LogP contribution in [0.5, 0.6) is 0 Å². The van der Waals surface area contributed by atoms with Crippen molar-refractivity contribution in [2.45, 2.75) is 0 Å². The van der Waals surface area contributed by atoms with Crippen LogP contribution in [0.1, 0.15) is 21.5 Å². The Kier molecular flexibility index (Phi) is 7.88. The zero-order valence-corrected chi connectivity index (χ0v) is 23.8. The standard InChI is InChI=1S/C34H32N6O3/c1-39-16-18-40(19-17-39)28-13-11-25(12-14-28)35-22-30-29-15-10-24(21-31(29)38-33(30)42)32(41)23-6-5-9-27(20-23)37-34(43)36-26-7-3-2-4-8-26/h2-15,20-22,35H,16-19H2,1H3,(H,38,42)(H2,36,37,43). The molecule has 0 atom stereocenters. The third-order valence-electron chi connectivity index (χ3n) is 7.60. The average Bonchev–Trinajstić information content (AvgIpc) is 3.34. The van der Waals surface area contributed by atoms with Crippen LogP contribution in [-0.4, -0.2) is 55.8 Å². The molecule has 9 heteroatoms. The quantitative estimate of drug-likeness (QED) is 0.167. The molecule has 1 saturated heterocycles. The normalized spacial score (nSPS) is 15.5. The summed E-state index contributed by atoms with van der Waals surface area (Å²) < 4.78 is 0. The fourth-order valence-electron chi connectivity index (χ4n) is 5.19. The first-order chi connectivity index (χ1) is 20.9. The topological polar surface area (TPSA) is 106 Å². The van der Waals surface area contributed by atoms with Crippen LogP contribution in [-0.2, 0) is 4.79 Å². The largest absolute Gasteiger partial charge is 0.369 e. The monoisotopic (exact) mass is 572 g/mol. The minimum atomic E-state index is -0.407. The number of hydrogen-bond donors (Lipinski definition) is 4. The Morgan fingerprint density at radius 2 is 1.44 bits per heavy atom. The van der Waals surface area contributed by atoms with Crippen molar-refractivity contribution in [3.8, 4) is 0 Å². The van der Waals surface area contributed by atoms with Crippen LogP contribution in [0, 0.1) is 0 Å². The minimum absolute atomic E-state index is 0.222. The van der Waals surface area contributed by atoms with Crippen molar-refractivity contribution in [3.63, 3.8) is 0 Å². The van der Waals surface area contributed by atoms with E-state index >= 15 is 0 Å². The molecular weight excluding hydrogens is 540 g/mol. The number of fused-ring (bicyclic) bond motifs is 1. The highest BCUT2D eigenvalue weighted by Crippen LogP contribution is 2.33. The summed E-state index contributed by atoms with van der Waals surface area (Å²) in [6.07, 6.45) is 1.70. The number of nitrogens with one attached hydrogen (secondary N) is 4. The van der Waals surface area contributed by atoms with Crippen LogP contribution in [0.2, 0.25) is 0 Å². The van der Waals surface area contributed by atoms with Gasteiger partial charge in [0.15, 0.2) is 5.78 Å². The van der Waals surface area contributed by atoms with Crippen LogP contribution in [0.3, 0.4) is 0 Å². The number of amides is 3. The Labute approximate surface area is 250 Å². The lowest BCUT2D eigenvalue weighted by Gasteiger charge is -2.34. The summed E-state index contributed by atoms with van der Waals surface area (Å²) in [6.45, 7) is 4.10. The SMILES string of the molecule is CN1CCN(c2ccc(NC=C3C(=O)Nc4cc(C(=O)c5cccc(NC(=O)Nc6ccccc6)c5)ccc43)cc2)CC1. The Morgan fingerprint density at radius 3 is 2.21 bits per heavy atom. The van der Waals surface area contributed by atoms with Crippen LogP contribution in [0.4, 0.5) is 33.2 Å². The lowest BCUT2D eigenvalue weighted by molar-refractivity contribution is -0.110. The Hall–Kier alpha value is -5.41. The first kappa shape index (κ1) is 27.7.